The highest BCUT2D eigenvalue weighted by molar-refractivity contribution is 5.94. The summed E-state index contributed by atoms with van der Waals surface area (Å²) >= 11 is 0. The van der Waals surface area contributed by atoms with E-state index in [1.54, 1.807) is 0 Å². The van der Waals surface area contributed by atoms with Crippen LogP contribution in [0.15, 0.2) is 78.9 Å². The van der Waals surface area contributed by atoms with E-state index in [9.17, 15) is 9.90 Å². The van der Waals surface area contributed by atoms with Gasteiger partial charge in [0.15, 0.2) is 5.65 Å². The SMILES string of the molecule is Cc1ccc(-c2c(C(Cc3ccccc3)C(=O)O)c(C)nc3c4ccccc4nn23)cc1. The molecule has 2 aromatic heterocycles. The van der Waals surface area contributed by atoms with E-state index in [4.69, 9.17) is 10.1 Å². The van der Waals surface area contributed by atoms with Crippen LogP contribution in [0.3, 0.4) is 0 Å². The molecule has 0 saturated carbocycles. The number of carboxylic acids is 1. The van der Waals surface area contributed by atoms with Gasteiger partial charge in [-0.15, -0.1) is 0 Å². The molecule has 2 heterocycles. The largest absolute Gasteiger partial charge is 0.481 e. The van der Waals surface area contributed by atoms with Crippen molar-refractivity contribution < 1.29 is 9.90 Å². The topological polar surface area (TPSA) is 67.5 Å². The van der Waals surface area contributed by atoms with E-state index in [0.717, 1.165) is 38.9 Å². The van der Waals surface area contributed by atoms with Crippen LogP contribution in [0.2, 0.25) is 0 Å². The van der Waals surface area contributed by atoms with Crippen LogP contribution in [0.5, 0.6) is 0 Å². The molecule has 32 heavy (non-hydrogen) atoms. The predicted molar refractivity (Wildman–Crippen MR) is 126 cm³/mol. The highest BCUT2D eigenvalue weighted by atomic mass is 16.4. The number of hydrogen-bond donors (Lipinski definition) is 1. The van der Waals surface area contributed by atoms with E-state index in [1.165, 1.54) is 0 Å². The van der Waals surface area contributed by atoms with Gasteiger partial charge in [-0.25, -0.2) is 9.50 Å². The van der Waals surface area contributed by atoms with Gasteiger partial charge in [-0.3, -0.25) is 4.79 Å². The Morgan fingerprint density at radius 1 is 0.938 bits per heavy atom. The number of rotatable bonds is 5. The van der Waals surface area contributed by atoms with E-state index in [2.05, 4.69) is 0 Å². The average Bonchev–Trinajstić information content (AvgIpc) is 3.16. The van der Waals surface area contributed by atoms with E-state index in [1.807, 2.05) is 97.2 Å². The molecule has 0 bridgehead atoms. The summed E-state index contributed by atoms with van der Waals surface area (Å²) < 4.78 is 1.82. The third kappa shape index (κ3) is 3.42. The lowest BCUT2D eigenvalue weighted by Gasteiger charge is -2.20. The number of carboxylic acid groups (broad SMARTS) is 1. The molecular formula is C27H23N3O2. The first-order valence-corrected chi connectivity index (χ1v) is 10.6. The molecule has 1 unspecified atom stereocenters. The van der Waals surface area contributed by atoms with Crippen molar-refractivity contribution in [2.75, 3.05) is 0 Å². The second kappa shape index (κ2) is 7.93. The third-order valence-corrected chi connectivity index (χ3v) is 5.94. The standard InChI is InChI=1S/C27H23N3O2/c1-17-12-14-20(15-13-17)25-24(22(27(31)32)16-19-8-4-3-5-9-19)18(2)28-26-21-10-6-7-11-23(21)29-30(25)26/h3-15,22H,16H2,1-2H3,(H,31,32). The third-order valence-electron chi connectivity index (χ3n) is 5.94. The lowest BCUT2D eigenvalue weighted by Crippen LogP contribution is -2.19. The van der Waals surface area contributed by atoms with Crippen molar-refractivity contribution in [1.29, 1.82) is 0 Å². The molecule has 0 radical (unpaired) electrons. The molecule has 3 aromatic carbocycles. The average molecular weight is 422 g/mol. The smallest absolute Gasteiger partial charge is 0.311 e. The summed E-state index contributed by atoms with van der Waals surface area (Å²) in [6.07, 6.45) is 0.379. The van der Waals surface area contributed by atoms with E-state index < -0.39 is 11.9 Å². The van der Waals surface area contributed by atoms with Crippen LogP contribution in [0.1, 0.15) is 28.3 Å². The second-order valence-corrected chi connectivity index (χ2v) is 8.16. The molecule has 1 atom stereocenters. The Labute approximate surface area is 186 Å². The van der Waals surface area contributed by atoms with Gasteiger partial charge in [0.1, 0.15) is 0 Å². The van der Waals surface area contributed by atoms with Crippen molar-refractivity contribution in [3.63, 3.8) is 0 Å². The Bertz CT molecular complexity index is 1440. The number of nitrogens with zero attached hydrogens (tertiary/aromatic N) is 3. The summed E-state index contributed by atoms with van der Waals surface area (Å²) in [4.78, 5) is 17.4. The molecule has 0 fully saturated rings. The zero-order valence-corrected chi connectivity index (χ0v) is 18.0. The fourth-order valence-electron chi connectivity index (χ4n) is 4.36. The van der Waals surface area contributed by atoms with Gasteiger partial charge in [-0.2, -0.15) is 5.10 Å². The Hall–Kier alpha value is -3.99. The molecule has 5 nitrogen and oxygen atoms in total. The first kappa shape index (κ1) is 19.9. The maximum Gasteiger partial charge on any atom is 0.311 e. The Balaban J connectivity index is 1.83. The molecule has 0 aliphatic rings. The van der Waals surface area contributed by atoms with E-state index in [0.29, 0.717) is 17.7 Å². The minimum absolute atomic E-state index is 0.379. The number of aryl methyl sites for hydroxylation is 2. The fourth-order valence-corrected chi connectivity index (χ4v) is 4.36. The van der Waals surface area contributed by atoms with Crippen molar-refractivity contribution in [2.24, 2.45) is 0 Å². The number of carbonyl (C=O) groups is 1. The normalized spacial score (nSPS) is 12.3. The Morgan fingerprint density at radius 3 is 2.34 bits per heavy atom. The van der Waals surface area contributed by atoms with Gasteiger partial charge in [0.25, 0.3) is 0 Å². The summed E-state index contributed by atoms with van der Waals surface area (Å²) in [5.74, 6) is -1.62. The van der Waals surface area contributed by atoms with Crippen molar-refractivity contribution in [2.45, 2.75) is 26.2 Å². The molecular weight excluding hydrogens is 398 g/mol. The van der Waals surface area contributed by atoms with Crippen molar-refractivity contribution in [3.8, 4) is 11.3 Å². The molecule has 0 aliphatic heterocycles. The number of aromatic nitrogens is 3. The second-order valence-electron chi connectivity index (χ2n) is 8.16. The molecule has 5 aromatic rings. The van der Waals surface area contributed by atoms with Crippen LogP contribution >= 0.6 is 0 Å². The highest BCUT2D eigenvalue weighted by Crippen LogP contribution is 2.36. The lowest BCUT2D eigenvalue weighted by atomic mass is 9.87. The Morgan fingerprint density at radius 2 is 1.62 bits per heavy atom. The maximum absolute atomic E-state index is 12.5. The predicted octanol–water partition coefficient (Wildman–Crippen LogP) is 5.58. The molecule has 0 spiro atoms. The van der Waals surface area contributed by atoms with Crippen LogP contribution in [-0.4, -0.2) is 25.7 Å². The summed E-state index contributed by atoms with van der Waals surface area (Å²) in [5, 5.41) is 16.1. The number of aliphatic carboxylic acids is 1. The van der Waals surface area contributed by atoms with Crippen LogP contribution in [0.25, 0.3) is 27.8 Å². The van der Waals surface area contributed by atoms with Crippen LogP contribution < -0.4 is 0 Å². The molecule has 0 aliphatic carbocycles. The summed E-state index contributed by atoms with van der Waals surface area (Å²) in [5.41, 5.74) is 6.80. The molecule has 5 heteroatoms. The number of fused-ring (bicyclic) bond motifs is 3. The van der Waals surface area contributed by atoms with Crippen LogP contribution in [0, 0.1) is 13.8 Å². The zero-order valence-electron chi connectivity index (χ0n) is 18.0. The molecule has 1 N–H and O–H groups in total. The molecule has 0 amide bonds. The van der Waals surface area contributed by atoms with Gasteiger partial charge < -0.3 is 5.11 Å². The number of hydrogen-bond acceptors (Lipinski definition) is 3. The van der Waals surface area contributed by atoms with E-state index in [-0.39, 0.29) is 0 Å². The zero-order chi connectivity index (χ0) is 22.2. The fraction of sp³-hybridized carbons (Fsp3) is 0.148. The van der Waals surface area contributed by atoms with Gasteiger partial charge in [0.2, 0.25) is 0 Å². The molecule has 5 rings (SSSR count). The number of benzene rings is 3. The van der Waals surface area contributed by atoms with E-state index >= 15 is 0 Å². The van der Waals surface area contributed by atoms with Gasteiger partial charge >= 0.3 is 5.97 Å². The summed E-state index contributed by atoms with van der Waals surface area (Å²) in [7, 11) is 0. The van der Waals surface area contributed by atoms with Gasteiger partial charge in [0.05, 0.1) is 17.1 Å². The van der Waals surface area contributed by atoms with Crippen molar-refractivity contribution in [3.05, 3.63) is 101 Å². The Kier molecular flexibility index (Phi) is 4.94. The summed E-state index contributed by atoms with van der Waals surface area (Å²) in [6, 6.07) is 25.7. The first-order chi connectivity index (χ1) is 15.5. The van der Waals surface area contributed by atoms with Crippen molar-refractivity contribution >= 4 is 22.5 Å². The lowest BCUT2D eigenvalue weighted by molar-refractivity contribution is -0.138. The first-order valence-electron chi connectivity index (χ1n) is 10.6. The van der Waals surface area contributed by atoms with Gasteiger partial charge in [-0.05, 0) is 38.0 Å². The van der Waals surface area contributed by atoms with Gasteiger partial charge in [-0.1, -0.05) is 72.3 Å². The van der Waals surface area contributed by atoms with Gasteiger partial charge in [0, 0.05) is 22.2 Å². The highest BCUT2D eigenvalue weighted by Gasteiger charge is 2.29. The minimum atomic E-state index is -0.872. The quantitative estimate of drug-likeness (QED) is 0.402. The summed E-state index contributed by atoms with van der Waals surface area (Å²) in [6.45, 7) is 3.94. The van der Waals surface area contributed by atoms with Crippen LogP contribution in [0.4, 0.5) is 0 Å². The monoisotopic (exact) mass is 421 g/mol. The minimum Gasteiger partial charge on any atom is -0.481 e. The maximum atomic E-state index is 12.5. The molecule has 0 saturated heterocycles. The molecule has 158 valence electrons. The van der Waals surface area contributed by atoms with Crippen LogP contribution in [-0.2, 0) is 11.2 Å². The van der Waals surface area contributed by atoms with Crippen molar-refractivity contribution in [1.82, 2.24) is 14.6 Å².